The molecule has 1 amide bonds. The zero-order chi connectivity index (χ0) is 15.8. The van der Waals surface area contributed by atoms with Crippen LogP contribution < -0.4 is 10.1 Å². The van der Waals surface area contributed by atoms with Gasteiger partial charge in [0.05, 0.1) is 7.11 Å². The molecule has 2 rings (SSSR count). The van der Waals surface area contributed by atoms with Gasteiger partial charge in [-0.05, 0) is 17.7 Å². The number of hydrogen-bond donors (Lipinski definition) is 1. The molecule has 0 aromatic heterocycles. The zero-order valence-corrected chi connectivity index (χ0v) is 12.2. The minimum atomic E-state index is -0.849. The fourth-order valence-corrected chi connectivity index (χ4v) is 1.91. The Hall–Kier alpha value is -2.82. The van der Waals surface area contributed by atoms with Crippen LogP contribution in [-0.2, 0) is 14.3 Å². The van der Waals surface area contributed by atoms with E-state index in [0.717, 1.165) is 0 Å². The van der Waals surface area contributed by atoms with E-state index in [2.05, 4.69) is 5.32 Å². The molecule has 0 heterocycles. The summed E-state index contributed by atoms with van der Waals surface area (Å²) in [5.41, 5.74) is 0.655. The van der Waals surface area contributed by atoms with Crippen molar-refractivity contribution >= 4 is 11.9 Å². The predicted octanol–water partition coefficient (Wildman–Crippen LogP) is 2.10. The van der Waals surface area contributed by atoms with Crippen molar-refractivity contribution in [1.29, 1.82) is 0 Å². The number of ether oxygens (including phenoxy) is 2. The summed E-state index contributed by atoms with van der Waals surface area (Å²) in [6, 6.07) is 17.1. The van der Waals surface area contributed by atoms with E-state index >= 15 is 0 Å². The van der Waals surface area contributed by atoms with Crippen molar-refractivity contribution in [2.75, 3.05) is 13.7 Å². The third-order valence-electron chi connectivity index (χ3n) is 2.99. The number of para-hydroxylation sites is 1. The topological polar surface area (TPSA) is 64.6 Å². The van der Waals surface area contributed by atoms with E-state index in [-0.39, 0.29) is 6.61 Å². The highest BCUT2D eigenvalue weighted by molar-refractivity contribution is 5.86. The average molecular weight is 299 g/mol. The summed E-state index contributed by atoms with van der Waals surface area (Å²) in [5, 5.41) is 2.62. The molecule has 0 saturated carbocycles. The van der Waals surface area contributed by atoms with E-state index in [1.807, 2.05) is 24.3 Å². The Morgan fingerprint density at radius 3 is 2.18 bits per heavy atom. The first-order valence-corrected chi connectivity index (χ1v) is 6.80. The van der Waals surface area contributed by atoms with Gasteiger partial charge >= 0.3 is 5.97 Å². The van der Waals surface area contributed by atoms with Crippen molar-refractivity contribution in [2.45, 2.75) is 6.04 Å². The Bertz CT molecular complexity index is 613. The lowest BCUT2D eigenvalue weighted by atomic mass is 10.1. The van der Waals surface area contributed by atoms with Gasteiger partial charge in [0.1, 0.15) is 5.75 Å². The molecule has 5 nitrogen and oxygen atoms in total. The summed E-state index contributed by atoms with van der Waals surface area (Å²) in [4.78, 5) is 23.8. The molecule has 0 aliphatic rings. The molecular weight excluding hydrogens is 282 g/mol. The fraction of sp³-hybridized carbons (Fsp3) is 0.176. The molecule has 2 aromatic rings. The highest BCUT2D eigenvalue weighted by atomic mass is 16.5. The molecule has 1 atom stereocenters. The monoisotopic (exact) mass is 299 g/mol. The molecule has 0 unspecified atom stereocenters. The summed E-state index contributed by atoms with van der Waals surface area (Å²) in [6.45, 7) is -0.176. The number of amides is 1. The molecule has 2 aromatic carbocycles. The predicted molar refractivity (Wildman–Crippen MR) is 81.3 cm³/mol. The standard InChI is InChI=1S/C17H17NO4/c1-21-17(20)16(13-8-4-2-5-9-13)18-15(19)12-22-14-10-6-3-7-11-14/h2-11,16H,12H2,1H3,(H,18,19)/t16-/m1/s1. The van der Waals surface area contributed by atoms with Gasteiger partial charge in [0, 0.05) is 0 Å². The maximum atomic E-state index is 12.0. The molecule has 114 valence electrons. The van der Waals surface area contributed by atoms with Crippen molar-refractivity contribution in [1.82, 2.24) is 5.32 Å². The Balaban J connectivity index is 1.98. The van der Waals surface area contributed by atoms with Crippen molar-refractivity contribution in [3.63, 3.8) is 0 Å². The minimum Gasteiger partial charge on any atom is -0.484 e. The van der Waals surface area contributed by atoms with Crippen LogP contribution in [0.2, 0.25) is 0 Å². The van der Waals surface area contributed by atoms with E-state index < -0.39 is 17.9 Å². The Labute approximate surface area is 128 Å². The molecule has 0 spiro atoms. The lowest BCUT2D eigenvalue weighted by Crippen LogP contribution is -2.37. The van der Waals surface area contributed by atoms with Gasteiger partial charge in [-0.2, -0.15) is 0 Å². The Morgan fingerprint density at radius 2 is 1.59 bits per heavy atom. The number of hydrogen-bond acceptors (Lipinski definition) is 4. The molecule has 0 bridgehead atoms. The van der Waals surface area contributed by atoms with Gasteiger partial charge in [-0.3, -0.25) is 4.79 Å². The molecular formula is C17H17NO4. The third-order valence-corrected chi connectivity index (χ3v) is 2.99. The summed E-state index contributed by atoms with van der Waals surface area (Å²) < 4.78 is 10.1. The SMILES string of the molecule is COC(=O)[C@H](NC(=O)COc1ccccc1)c1ccccc1. The first kappa shape index (κ1) is 15.6. The molecule has 0 radical (unpaired) electrons. The first-order chi connectivity index (χ1) is 10.7. The number of rotatable bonds is 6. The minimum absolute atomic E-state index is 0.176. The second-order valence-corrected chi connectivity index (χ2v) is 4.54. The smallest absolute Gasteiger partial charge is 0.333 e. The second kappa shape index (κ2) is 7.83. The lowest BCUT2D eigenvalue weighted by molar-refractivity contribution is -0.145. The number of esters is 1. The molecule has 0 aliphatic heterocycles. The van der Waals surface area contributed by atoms with Gasteiger partial charge in [-0.25, -0.2) is 4.79 Å². The molecule has 5 heteroatoms. The van der Waals surface area contributed by atoms with Crippen LogP contribution in [0.5, 0.6) is 5.75 Å². The molecule has 22 heavy (non-hydrogen) atoms. The maximum absolute atomic E-state index is 12.0. The quantitative estimate of drug-likeness (QED) is 0.830. The van der Waals surface area contributed by atoms with Crippen LogP contribution in [0, 0.1) is 0 Å². The molecule has 0 saturated heterocycles. The molecule has 0 fully saturated rings. The van der Waals surface area contributed by atoms with Crippen LogP contribution in [0.1, 0.15) is 11.6 Å². The number of nitrogens with one attached hydrogen (secondary N) is 1. The van der Waals surface area contributed by atoms with E-state index in [1.165, 1.54) is 7.11 Å². The van der Waals surface area contributed by atoms with Crippen LogP contribution in [0.4, 0.5) is 0 Å². The van der Waals surface area contributed by atoms with Gasteiger partial charge < -0.3 is 14.8 Å². The number of carbonyl (C=O) groups is 2. The van der Waals surface area contributed by atoms with Crippen LogP contribution in [-0.4, -0.2) is 25.6 Å². The first-order valence-electron chi connectivity index (χ1n) is 6.80. The Kier molecular flexibility index (Phi) is 5.54. The summed E-state index contributed by atoms with van der Waals surface area (Å²) >= 11 is 0. The van der Waals surface area contributed by atoms with Crippen LogP contribution in [0.3, 0.4) is 0 Å². The molecule has 0 aliphatic carbocycles. The summed E-state index contributed by atoms with van der Waals surface area (Å²) in [5.74, 6) is -0.339. The van der Waals surface area contributed by atoms with Gasteiger partial charge in [0.15, 0.2) is 12.6 Å². The maximum Gasteiger partial charge on any atom is 0.333 e. The van der Waals surface area contributed by atoms with Gasteiger partial charge in [-0.1, -0.05) is 48.5 Å². The van der Waals surface area contributed by atoms with Gasteiger partial charge in [-0.15, -0.1) is 0 Å². The van der Waals surface area contributed by atoms with E-state index in [4.69, 9.17) is 9.47 Å². The number of carbonyl (C=O) groups excluding carboxylic acids is 2. The van der Waals surface area contributed by atoms with Crippen LogP contribution in [0.25, 0.3) is 0 Å². The zero-order valence-electron chi connectivity index (χ0n) is 12.2. The lowest BCUT2D eigenvalue weighted by Gasteiger charge is -2.17. The van der Waals surface area contributed by atoms with Crippen molar-refractivity contribution in [3.05, 3.63) is 66.2 Å². The average Bonchev–Trinajstić information content (AvgIpc) is 2.59. The van der Waals surface area contributed by atoms with Crippen molar-refractivity contribution in [2.24, 2.45) is 0 Å². The van der Waals surface area contributed by atoms with E-state index in [1.54, 1.807) is 36.4 Å². The van der Waals surface area contributed by atoms with E-state index in [0.29, 0.717) is 11.3 Å². The molecule has 1 N–H and O–H groups in total. The number of methoxy groups -OCH3 is 1. The second-order valence-electron chi connectivity index (χ2n) is 4.54. The van der Waals surface area contributed by atoms with Crippen molar-refractivity contribution in [3.8, 4) is 5.75 Å². The largest absolute Gasteiger partial charge is 0.484 e. The Morgan fingerprint density at radius 1 is 1.00 bits per heavy atom. The highest BCUT2D eigenvalue weighted by Gasteiger charge is 2.23. The van der Waals surface area contributed by atoms with Crippen LogP contribution in [0.15, 0.2) is 60.7 Å². The fourth-order valence-electron chi connectivity index (χ4n) is 1.91. The summed E-state index contributed by atoms with van der Waals surface area (Å²) in [7, 11) is 1.28. The summed E-state index contributed by atoms with van der Waals surface area (Å²) in [6.07, 6.45) is 0. The van der Waals surface area contributed by atoms with Crippen LogP contribution >= 0.6 is 0 Å². The van der Waals surface area contributed by atoms with Crippen molar-refractivity contribution < 1.29 is 19.1 Å². The normalized spacial score (nSPS) is 11.3. The third kappa shape index (κ3) is 4.34. The highest BCUT2D eigenvalue weighted by Crippen LogP contribution is 2.14. The van der Waals surface area contributed by atoms with E-state index in [9.17, 15) is 9.59 Å². The van der Waals surface area contributed by atoms with Gasteiger partial charge in [0.2, 0.25) is 0 Å². The van der Waals surface area contributed by atoms with Gasteiger partial charge in [0.25, 0.3) is 5.91 Å². The number of benzene rings is 2.